The Hall–Kier alpha value is -7.88. The summed E-state index contributed by atoms with van der Waals surface area (Å²) in [7, 11) is 0. The van der Waals surface area contributed by atoms with Gasteiger partial charge in [-0.2, -0.15) is 0 Å². The summed E-state index contributed by atoms with van der Waals surface area (Å²) in [5.41, 5.74) is 13.2. The van der Waals surface area contributed by atoms with Gasteiger partial charge in [0.05, 0.1) is 11.4 Å². The largest absolute Gasteiger partial charge is 0.455 e. The number of fused-ring (bicyclic) bond motifs is 9. The van der Waals surface area contributed by atoms with Crippen molar-refractivity contribution in [2.45, 2.75) is 0 Å². The second kappa shape index (κ2) is 13.4. The fourth-order valence-corrected chi connectivity index (χ4v) is 9.22. The number of nitrogens with zero attached hydrogens (tertiary/aromatic N) is 1. The Morgan fingerprint density at radius 3 is 1.58 bits per heavy atom. The van der Waals surface area contributed by atoms with Gasteiger partial charge >= 0.3 is 0 Å². The lowest BCUT2D eigenvalue weighted by atomic mass is 9.88. The van der Waals surface area contributed by atoms with Crippen molar-refractivity contribution in [1.82, 2.24) is 0 Å². The minimum atomic E-state index is 0.833. The van der Waals surface area contributed by atoms with E-state index in [0.717, 1.165) is 94.1 Å². The molecule has 10 aromatic carbocycles. The molecule has 2 heterocycles. The molecular formula is C56H35NO2. The van der Waals surface area contributed by atoms with Gasteiger partial charge in [-0.15, -0.1) is 0 Å². The number of anilines is 3. The Balaban J connectivity index is 1.20. The summed E-state index contributed by atoms with van der Waals surface area (Å²) in [5, 5.41) is 9.10. The van der Waals surface area contributed by atoms with Gasteiger partial charge in [0.2, 0.25) is 0 Å². The summed E-state index contributed by atoms with van der Waals surface area (Å²) < 4.78 is 13.5. The van der Waals surface area contributed by atoms with Crippen LogP contribution in [0.15, 0.2) is 221 Å². The van der Waals surface area contributed by atoms with E-state index in [2.05, 4.69) is 199 Å². The molecule has 59 heavy (non-hydrogen) atoms. The lowest BCUT2D eigenvalue weighted by molar-refractivity contribution is 0.669. The van der Waals surface area contributed by atoms with Gasteiger partial charge in [-0.05, 0) is 74.8 Å². The van der Waals surface area contributed by atoms with Crippen LogP contribution in [0.3, 0.4) is 0 Å². The second-order valence-corrected chi connectivity index (χ2v) is 15.2. The van der Waals surface area contributed by atoms with Crippen LogP contribution < -0.4 is 4.90 Å². The first-order chi connectivity index (χ1) is 29.3. The molecule has 0 amide bonds. The van der Waals surface area contributed by atoms with E-state index in [1.807, 2.05) is 18.2 Å². The van der Waals surface area contributed by atoms with Gasteiger partial charge in [0, 0.05) is 43.7 Å². The van der Waals surface area contributed by atoms with E-state index in [4.69, 9.17) is 8.83 Å². The minimum Gasteiger partial charge on any atom is -0.455 e. The van der Waals surface area contributed by atoms with Gasteiger partial charge in [0.1, 0.15) is 16.7 Å². The van der Waals surface area contributed by atoms with Gasteiger partial charge in [0.25, 0.3) is 0 Å². The van der Waals surface area contributed by atoms with Gasteiger partial charge < -0.3 is 13.7 Å². The Bertz CT molecular complexity index is 3580. The maximum absolute atomic E-state index is 6.88. The molecule has 12 aromatic rings. The normalized spacial score (nSPS) is 11.7. The van der Waals surface area contributed by atoms with E-state index in [9.17, 15) is 0 Å². The van der Waals surface area contributed by atoms with Crippen LogP contribution in [0.4, 0.5) is 17.1 Å². The van der Waals surface area contributed by atoms with Crippen LogP contribution in [-0.4, -0.2) is 0 Å². The SMILES string of the molecule is c1ccc(-c2cccc(-c3c(N(c4cccc(-c5cccc6c5oc5ccccc56)c4)c4cccc5c4oc4ccccc45)c4ccccc4c4ccccc34)c2)cc1. The Labute approximate surface area is 340 Å². The molecule has 0 atom stereocenters. The standard InChI is InChI=1S/C56H35NO2/c1-2-16-36(17-3-1)37-18-12-20-39(34-37)53-46-26-6-4-22-42(46)43-23-5-7-27-47(43)54(53)57(50-31-15-30-49-45-25-9-11-33-52(45)59-56(49)50)40-21-13-19-38(35-40)41-28-14-29-48-44-24-8-10-32-51(44)58-55(41)48/h1-35H. The van der Waals surface area contributed by atoms with Crippen molar-refractivity contribution in [2.75, 3.05) is 4.90 Å². The molecule has 12 rings (SSSR count). The number of rotatable bonds is 6. The third-order valence-electron chi connectivity index (χ3n) is 11.8. The van der Waals surface area contributed by atoms with E-state index in [1.54, 1.807) is 0 Å². The Morgan fingerprint density at radius 2 is 0.814 bits per heavy atom. The van der Waals surface area contributed by atoms with Crippen molar-refractivity contribution in [3.05, 3.63) is 212 Å². The number of hydrogen-bond acceptors (Lipinski definition) is 3. The van der Waals surface area contributed by atoms with E-state index in [1.165, 1.54) is 21.7 Å². The van der Waals surface area contributed by atoms with E-state index < -0.39 is 0 Å². The van der Waals surface area contributed by atoms with Crippen LogP contribution in [0.25, 0.3) is 98.8 Å². The summed E-state index contributed by atoms with van der Waals surface area (Å²) in [5.74, 6) is 0. The first-order valence-corrected chi connectivity index (χ1v) is 20.1. The molecule has 0 spiro atoms. The number of benzene rings is 10. The molecule has 0 fully saturated rings. The molecule has 0 bridgehead atoms. The molecule has 0 saturated carbocycles. The van der Waals surface area contributed by atoms with Crippen LogP contribution in [-0.2, 0) is 0 Å². The lowest BCUT2D eigenvalue weighted by Crippen LogP contribution is -2.13. The van der Waals surface area contributed by atoms with E-state index in [-0.39, 0.29) is 0 Å². The highest BCUT2D eigenvalue weighted by molar-refractivity contribution is 6.23. The van der Waals surface area contributed by atoms with Crippen molar-refractivity contribution in [3.63, 3.8) is 0 Å². The molecule has 0 saturated heterocycles. The summed E-state index contributed by atoms with van der Waals surface area (Å²) in [4.78, 5) is 2.44. The topological polar surface area (TPSA) is 29.5 Å². The zero-order valence-corrected chi connectivity index (χ0v) is 32.0. The van der Waals surface area contributed by atoms with Crippen molar-refractivity contribution < 1.29 is 8.83 Å². The van der Waals surface area contributed by atoms with Crippen molar-refractivity contribution in [1.29, 1.82) is 0 Å². The molecule has 0 aliphatic carbocycles. The number of furan rings is 2. The van der Waals surface area contributed by atoms with Crippen LogP contribution in [0.1, 0.15) is 0 Å². The maximum atomic E-state index is 6.88. The smallest absolute Gasteiger partial charge is 0.159 e. The summed E-state index contributed by atoms with van der Waals surface area (Å²) in [6.07, 6.45) is 0. The zero-order chi connectivity index (χ0) is 38.9. The molecule has 0 aliphatic heterocycles. The van der Waals surface area contributed by atoms with Gasteiger partial charge in [-0.1, -0.05) is 176 Å². The highest BCUT2D eigenvalue weighted by Gasteiger charge is 2.27. The van der Waals surface area contributed by atoms with Crippen LogP contribution in [0.5, 0.6) is 0 Å². The quantitative estimate of drug-likeness (QED) is 0.158. The first kappa shape index (κ1) is 33.3. The third kappa shape index (κ3) is 5.29. The molecule has 276 valence electrons. The molecule has 0 unspecified atom stereocenters. The Morgan fingerprint density at radius 1 is 0.305 bits per heavy atom. The van der Waals surface area contributed by atoms with Crippen molar-refractivity contribution >= 4 is 82.5 Å². The monoisotopic (exact) mass is 753 g/mol. The Kier molecular flexibility index (Phi) is 7.54. The van der Waals surface area contributed by atoms with Gasteiger partial charge in [-0.3, -0.25) is 0 Å². The van der Waals surface area contributed by atoms with Crippen LogP contribution in [0, 0.1) is 0 Å². The highest BCUT2D eigenvalue weighted by Crippen LogP contribution is 2.52. The predicted octanol–water partition coefficient (Wildman–Crippen LogP) is 16.3. The van der Waals surface area contributed by atoms with E-state index >= 15 is 0 Å². The highest BCUT2D eigenvalue weighted by atomic mass is 16.3. The van der Waals surface area contributed by atoms with Gasteiger partial charge in [0.15, 0.2) is 5.58 Å². The molecule has 3 heteroatoms. The fourth-order valence-electron chi connectivity index (χ4n) is 9.22. The van der Waals surface area contributed by atoms with Crippen molar-refractivity contribution in [2.24, 2.45) is 0 Å². The maximum Gasteiger partial charge on any atom is 0.159 e. The summed E-state index contributed by atoms with van der Waals surface area (Å²) >= 11 is 0. The second-order valence-electron chi connectivity index (χ2n) is 15.2. The average Bonchev–Trinajstić information content (AvgIpc) is 3.89. The van der Waals surface area contributed by atoms with Crippen LogP contribution in [0.2, 0.25) is 0 Å². The van der Waals surface area contributed by atoms with Gasteiger partial charge in [-0.25, -0.2) is 0 Å². The summed E-state index contributed by atoms with van der Waals surface area (Å²) in [6, 6.07) is 75.8. The number of para-hydroxylation sites is 4. The molecular weight excluding hydrogens is 719 g/mol. The summed E-state index contributed by atoms with van der Waals surface area (Å²) in [6.45, 7) is 0. The number of hydrogen-bond donors (Lipinski definition) is 0. The van der Waals surface area contributed by atoms with Crippen molar-refractivity contribution in [3.8, 4) is 33.4 Å². The predicted molar refractivity (Wildman–Crippen MR) is 247 cm³/mol. The van der Waals surface area contributed by atoms with E-state index in [0.29, 0.717) is 0 Å². The molecule has 3 nitrogen and oxygen atoms in total. The molecule has 2 aromatic heterocycles. The van der Waals surface area contributed by atoms with Crippen LogP contribution >= 0.6 is 0 Å². The molecule has 0 radical (unpaired) electrons. The zero-order valence-electron chi connectivity index (χ0n) is 32.0. The molecule has 0 aliphatic rings. The first-order valence-electron chi connectivity index (χ1n) is 20.1. The molecule has 0 N–H and O–H groups in total. The minimum absolute atomic E-state index is 0.833. The average molecular weight is 754 g/mol. The fraction of sp³-hybridized carbons (Fsp3) is 0. The lowest BCUT2D eigenvalue weighted by Gasteiger charge is -2.31. The third-order valence-corrected chi connectivity index (χ3v) is 11.8.